The van der Waals surface area contributed by atoms with E-state index in [2.05, 4.69) is 36.4 Å². The third-order valence-electron chi connectivity index (χ3n) is 5.22. The molecular formula is C20H28N4O. The molecule has 0 bridgehead atoms. The van der Waals surface area contributed by atoms with Crippen molar-refractivity contribution in [1.29, 1.82) is 0 Å². The predicted octanol–water partition coefficient (Wildman–Crippen LogP) is 2.58. The average molecular weight is 340 g/mol. The van der Waals surface area contributed by atoms with Gasteiger partial charge in [0, 0.05) is 39.3 Å². The Hall–Kier alpha value is -2.14. The standard InChI is InChI=1S/C20H28N4O/c1-14(2)19(15-8-6-5-7-9-15)24(4)20(25)18-12-21-11-17(18)16-10-22-23(3)13-16/h5-10,13-14,17-19,21H,11-12H2,1-4H3/t17-,18+,19?/m1/s1. The van der Waals surface area contributed by atoms with E-state index in [1.54, 1.807) is 4.68 Å². The Morgan fingerprint density at radius 1 is 1.28 bits per heavy atom. The number of aryl methyl sites for hydroxylation is 1. The molecule has 1 saturated heterocycles. The van der Waals surface area contributed by atoms with Gasteiger partial charge in [-0.05, 0) is 17.0 Å². The fourth-order valence-electron chi connectivity index (χ4n) is 4.02. The topological polar surface area (TPSA) is 50.2 Å². The minimum Gasteiger partial charge on any atom is -0.338 e. The highest BCUT2D eigenvalue weighted by Gasteiger charge is 2.38. The number of aromatic nitrogens is 2. The molecule has 5 nitrogen and oxygen atoms in total. The number of hydrogen-bond acceptors (Lipinski definition) is 3. The van der Waals surface area contributed by atoms with Crippen LogP contribution < -0.4 is 5.32 Å². The monoisotopic (exact) mass is 340 g/mol. The largest absolute Gasteiger partial charge is 0.338 e. The van der Waals surface area contributed by atoms with Crippen molar-refractivity contribution in [3.63, 3.8) is 0 Å². The van der Waals surface area contributed by atoms with Crippen LogP contribution in [-0.4, -0.2) is 40.7 Å². The van der Waals surface area contributed by atoms with Crippen LogP contribution in [0.15, 0.2) is 42.7 Å². The van der Waals surface area contributed by atoms with E-state index in [4.69, 9.17) is 0 Å². The summed E-state index contributed by atoms with van der Waals surface area (Å²) in [5, 5.41) is 7.66. The van der Waals surface area contributed by atoms with E-state index in [0.717, 1.165) is 18.7 Å². The van der Waals surface area contributed by atoms with Crippen LogP contribution in [0.4, 0.5) is 0 Å². The Morgan fingerprint density at radius 3 is 2.60 bits per heavy atom. The second kappa shape index (κ2) is 7.40. The number of nitrogens with one attached hydrogen (secondary N) is 1. The zero-order valence-corrected chi connectivity index (χ0v) is 15.5. The molecular weight excluding hydrogens is 312 g/mol. The maximum Gasteiger partial charge on any atom is 0.227 e. The fraction of sp³-hybridized carbons (Fsp3) is 0.500. The third kappa shape index (κ3) is 3.61. The van der Waals surface area contributed by atoms with E-state index < -0.39 is 0 Å². The molecule has 1 unspecified atom stereocenters. The molecule has 0 aliphatic carbocycles. The summed E-state index contributed by atoms with van der Waals surface area (Å²) in [7, 11) is 3.86. The Bertz CT molecular complexity index is 709. The van der Waals surface area contributed by atoms with Gasteiger partial charge in [-0.2, -0.15) is 5.10 Å². The van der Waals surface area contributed by atoms with Gasteiger partial charge >= 0.3 is 0 Å². The number of nitrogens with zero attached hydrogens (tertiary/aromatic N) is 3. The molecule has 5 heteroatoms. The number of amides is 1. The molecule has 1 amide bonds. The molecule has 3 rings (SSSR count). The molecule has 2 aromatic rings. The van der Waals surface area contributed by atoms with Crippen molar-refractivity contribution in [2.24, 2.45) is 18.9 Å². The molecule has 0 spiro atoms. The van der Waals surface area contributed by atoms with Crippen LogP contribution in [0.2, 0.25) is 0 Å². The van der Waals surface area contributed by atoms with Gasteiger partial charge in [0.15, 0.2) is 0 Å². The van der Waals surface area contributed by atoms with Crippen molar-refractivity contribution >= 4 is 5.91 Å². The van der Waals surface area contributed by atoms with Crippen molar-refractivity contribution in [2.45, 2.75) is 25.8 Å². The van der Waals surface area contributed by atoms with E-state index in [1.807, 2.05) is 49.6 Å². The second-order valence-corrected chi connectivity index (χ2v) is 7.37. The van der Waals surface area contributed by atoms with Gasteiger partial charge < -0.3 is 10.2 Å². The van der Waals surface area contributed by atoms with Crippen molar-refractivity contribution in [1.82, 2.24) is 20.0 Å². The van der Waals surface area contributed by atoms with E-state index in [0.29, 0.717) is 5.92 Å². The average Bonchev–Trinajstić information content (AvgIpc) is 3.23. The summed E-state index contributed by atoms with van der Waals surface area (Å²) in [6, 6.07) is 10.4. The summed E-state index contributed by atoms with van der Waals surface area (Å²) in [5.74, 6) is 0.704. The van der Waals surface area contributed by atoms with Crippen molar-refractivity contribution in [3.8, 4) is 0 Å². The minimum atomic E-state index is -0.0424. The first kappa shape index (κ1) is 17.7. The van der Waals surface area contributed by atoms with E-state index in [9.17, 15) is 4.79 Å². The zero-order chi connectivity index (χ0) is 18.0. The zero-order valence-electron chi connectivity index (χ0n) is 15.5. The summed E-state index contributed by atoms with van der Waals surface area (Å²) < 4.78 is 1.81. The van der Waals surface area contributed by atoms with E-state index in [-0.39, 0.29) is 23.8 Å². The van der Waals surface area contributed by atoms with Crippen molar-refractivity contribution < 1.29 is 4.79 Å². The molecule has 1 N–H and O–H groups in total. The lowest BCUT2D eigenvalue weighted by Gasteiger charge is -2.34. The first-order valence-electron chi connectivity index (χ1n) is 9.00. The van der Waals surface area contributed by atoms with Crippen molar-refractivity contribution in [2.75, 3.05) is 20.1 Å². The quantitative estimate of drug-likeness (QED) is 0.910. The van der Waals surface area contributed by atoms with Gasteiger partial charge in [0.25, 0.3) is 0 Å². The van der Waals surface area contributed by atoms with Gasteiger partial charge in [0.05, 0.1) is 18.2 Å². The third-order valence-corrected chi connectivity index (χ3v) is 5.22. The highest BCUT2D eigenvalue weighted by molar-refractivity contribution is 5.81. The number of rotatable bonds is 5. The fourth-order valence-corrected chi connectivity index (χ4v) is 4.02. The molecule has 2 heterocycles. The maximum atomic E-state index is 13.3. The normalized spacial score (nSPS) is 21.5. The van der Waals surface area contributed by atoms with Crippen LogP contribution in [-0.2, 0) is 11.8 Å². The summed E-state index contributed by atoms with van der Waals surface area (Å²) in [6.45, 7) is 5.90. The summed E-state index contributed by atoms with van der Waals surface area (Å²) in [6.07, 6.45) is 3.91. The number of carbonyl (C=O) groups excluding carboxylic acids is 1. The van der Waals surface area contributed by atoms with Crippen LogP contribution in [0.5, 0.6) is 0 Å². The second-order valence-electron chi connectivity index (χ2n) is 7.37. The molecule has 3 atom stereocenters. The van der Waals surface area contributed by atoms with Gasteiger partial charge in [-0.1, -0.05) is 44.2 Å². The Kier molecular flexibility index (Phi) is 5.23. The van der Waals surface area contributed by atoms with E-state index >= 15 is 0 Å². The van der Waals surface area contributed by atoms with Gasteiger partial charge in [0.1, 0.15) is 0 Å². The van der Waals surface area contributed by atoms with Gasteiger partial charge in [0.2, 0.25) is 5.91 Å². The van der Waals surface area contributed by atoms with Crippen LogP contribution in [0.25, 0.3) is 0 Å². The first-order valence-corrected chi connectivity index (χ1v) is 9.00. The Balaban J connectivity index is 1.82. The smallest absolute Gasteiger partial charge is 0.227 e. The molecule has 0 radical (unpaired) electrons. The van der Waals surface area contributed by atoms with E-state index in [1.165, 1.54) is 5.56 Å². The summed E-state index contributed by atoms with van der Waals surface area (Å²) >= 11 is 0. The van der Waals surface area contributed by atoms with Gasteiger partial charge in [-0.15, -0.1) is 0 Å². The number of benzene rings is 1. The Morgan fingerprint density at radius 2 is 2.00 bits per heavy atom. The lowest BCUT2D eigenvalue weighted by molar-refractivity contribution is -0.137. The van der Waals surface area contributed by atoms with Crippen LogP contribution in [0.1, 0.15) is 36.9 Å². The van der Waals surface area contributed by atoms with Crippen LogP contribution in [0.3, 0.4) is 0 Å². The molecule has 0 saturated carbocycles. The number of hydrogen-bond donors (Lipinski definition) is 1. The molecule has 1 aliphatic heterocycles. The van der Waals surface area contributed by atoms with Gasteiger partial charge in [-0.3, -0.25) is 9.48 Å². The summed E-state index contributed by atoms with van der Waals surface area (Å²) in [4.78, 5) is 15.3. The van der Waals surface area contributed by atoms with Crippen LogP contribution in [0, 0.1) is 11.8 Å². The molecule has 1 aliphatic rings. The van der Waals surface area contributed by atoms with Crippen molar-refractivity contribution in [3.05, 3.63) is 53.9 Å². The predicted molar refractivity (Wildman–Crippen MR) is 99.1 cm³/mol. The van der Waals surface area contributed by atoms with Gasteiger partial charge in [-0.25, -0.2) is 0 Å². The SMILES string of the molecule is CC(C)C(c1ccccc1)N(C)C(=O)[C@H]1CNC[C@@H]1c1cnn(C)c1. The molecule has 25 heavy (non-hydrogen) atoms. The molecule has 1 fully saturated rings. The highest BCUT2D eigenvalue weighted by Crippen LogP contribution is 2.33. The Labute approximate surface area is 150 Å². The molecule has 1 aromatic heterocycles. The minimum absolute atomic E-state index is 0.0424. The molecule has 1 aromatic carbocycles. The highest BCUT2D eigenvalue weighted by atomic mass is 16.2. The molecule has 134 valence electrons. The lowest BCUT2D eigenvalue weighted by Crippen LogP contribution is -2.40. The summed E-state index contributed by atoms with van der Waals surface area (Å²) in [5.41, 5.74) is 2.33. The lowest BCUT2D eigenvalue weighted by atomic mass is 9.88. The maximum absolute atomic E-state index is 13.3. The van der Waals surface area contributed by atoms with Crippen LogP contribution >= 0.6 is 0 Å². The number of carbonyl (C=O) groups is 1. The first-order chi connectivity index (χ1) is 12.0.